The molecule has 0 radical (unpaired) electrons. The van der Waals surface area contributed by atoms with Crippen LogP contribution >= 0.6 is 0 Å². The largest absolute Gasteiger partial charge is 0.408 e. The minimum absolute atomic E-state index is 0.197. The molecule has 1 fully saturated rings. The molecule has 0 aliphatic carbocycles. The molecule has 1 aliphatic heterocycles. The van der Waals surface area contributed by atoms with Gasteiger partial charge in [0.1, 0.15) is 0 Å². The van der Waals surface area contributed by atoms with Crippen molar-refractivity contribution < 1.29 is 9.15 Å². The lowest BCUT2D eigenvalue weighted by Crippen LogP contribution is -2.48. The summed E-state index contributed by atoms with van der Waals surface area (Å²) in [4.78, 5) is 2.14. The van der Waals surface area contributed by atoms with Gasteiger partial charge in [-0.3, -0.25) is 0 Å². The predicted molar refractivity (Wildman–Crippen MR) is 63.9 cm³/mol. The molecule has 0 spiro atoms. The zero-order chi connectivity index (χ0) is 12.3. The molecule has 2 rings (SSSR count). The highest BCUT2D eigenvalue weighted by atomic mass is 16.5. The first-order chi connectivity index (χ1) is 8.24. The molecule has 1 aromatic rings. The van der Waals surface area contributed by atoms with E-state index in [9.17, 15) is 0 Å². The van der Waals surface area contributed by atoms with Crippen LogP contribution in [-0.4, -0.2) is 42.0 Å². The zero-order valence-electron chi connectivity index (χ0n) is 10.4. The van der Waals surface area contributed by atoms with Gasteiger partial charge in [0, 0.05) is 19.5 Å². The first kappa shape index (κ1) is 12.3. The van der Waals surface area contributed by atoms with E-state index in [1.807, 2.05) is 0 Å². The van der Waals surface area contributed by atoms with Gasteiger partial charge in [0.25, 0.3) is 0 Å². The highest BCUT2D eigenvalue weighted by molar-refractivity contribution is 5.28. The lowest BCUT2D eigenvalue weighted by molar-refractivity contribution is 0.0277. The van der Waals surface area contributed by atoms with Gasteiger partial charge in [-0.15, -0.1) is 5.10 Å². The first-order valence-corrected chi connectivity index (χ1v) is 6.15. The average molecular weight is 240 g/mol. The van der Waals surface area contributed by atoms with E-state index in [2.05, 4.69) is 28.9 Å². The van der Waals surface area contributed by atoms with Crippen molar-refractivity contribution in [1.29, 1.82) is 0 Å². The number of rotatable bonds is 4. The van der Waals surface area contributed by atoms with Gasteiger partial charge in [0.2, 0.25) is 5.89 Å². The molecule has 2 unspecified atom stereocenters. The van der Waals surface area contributed by atoms with Crippen LogP contribution in [0, 0.1) is 0 Å². The van der Waals surface area contributed by atoms with Crippen molar-refractivity contribution >= 4 is 6.01 Å². The molecule has 2 heterocycles. The molecule has 1 saturated heterocycles. The highest BCUT2D eigenvalue weighted by Crippen LogP contribution is 2.22. The smallest absolute Gasteiger partial charge is 0.318 e. The van der Waals surface area contributed by atoms with E-state index in [4.69, 9.17) is 14.9 Å². The molecule has 2 atom stereocenters. The maximum absolute atomic E-state index is 5.64. The Balaban J connectivity index is 2.11. The first-order valence-electron chi connectivity index (χ1n) is 6.15. The van der Waals surface area contributed by atoms with Gasteiger partial charge in [0.05, 0.1) is 18.8 Å². The van der Waals surface area contributed by atoms with E-state index in [0.29, 0.717) is 37.5 Å². The molecule has 2 N–H and O–H groups in total. The van der Waals surface area contributed by atoms with Crippen LogP contribution in [0.1, 0.15) is 26.2 Å². The van der Waals surface area contributed by atoms with Gasteiger partial charge in [-0.25, -0.2) is 0 Å². The van der Waals surface area contributed by atoms with Crippen molar-refractivity contribution in [3.05, 3.63) is 5.89 Å². The van der Waals surface area contributed by atoms with Gasteiger partial charge in [0.15, 0.2) is 0 Å². The Morgan fingerprint density at radius 3 is 3.00 bits per heavy atom. The van der Waals surface area contributed by atoms with Crippen LogP contribution in [0.5, 0.6) is 0 Å². The Kier molecular flexibility index (Phi) is 3.96. The van der Waals surface area contributed by atoms with Crippen molar-refractivity contribution in [1.82, 2.24) is 10.2 Å². The fraction of sp³-hybridized carbons (Fsp3) is 0.818. The Bertz CT molecular complexity index is 355. The number of hydrogen-bond acceptors (Lipinski definition) is 6. The fourth-order valence-corrected chi connectivity index (χ4v) is 2.00. The molecule has 6 nitrogen and oxygen atoms in total. The number of nitrogens with two attached hydrogens (primary N) is 1. The molecule has 0 aromatic carbocycles. The third-order valence-electron chi connectivity index (χ3n) is 3.00. The molecule has 1 aliphatic rings. The fourth-order valence-electron chi connectivity index (χ4n) is 2.00. The molecule has 0 bridgehead atoms. The van der Waals surface area contributed by atoms with Crippen molar-refractivity contribution in [3.63, 3.8) is 0 Å². The number of morpholine rings is 1. The number of nitrogens with zero attached hydrogens (tertiary/aromatic N) is 3. The summed E-state index contributed by atoms with van der Waals surface area (Å²) in [6, 6.07) is 0.910. The third-order valence-corrected chi connectivity index (χ3v) is 3.00. The Morgan fingerprint density at radius 1 is 1.47 bits per heavy atom. The number of anilines is 1. The Morgan fingerprint density at radius 2 is 2.29 bits per heavy atom. The number of hydrogen-bond donors (Lipinski definition) is 1. The second-order valence-corrected chi connectivity index (χ2v) is 4.38. The van der Waals surface area contributed by atoms with Gasteiger partial charge >= 0.3 is 6.01 Å². The maximum Gasteiger partial charge on any atom is 0.318 e. The average Bonchev–Trinajstić information content (AvgIpc) is 2.78. The molecule has 0 amide bonds. The van der Waals surface area contributed by atoms with Crippen LogP contribution in [0.3, 0.4) is 0 Å². The molecule has 6 heteroatoms. The normalized spacial score (nSPS) is 25.2. The zero-order valence-corrected chi connectivity index (χ0v) is 10.4. The summed E-state index contributed by atoms with van der Waals surface area (Å²) in [5.41, 5.74) is 5.46. The quantitative estimate of drug-likeness (QED) is 0.829. The molecule has 17 heavy (non-hydrogen) atoms. The van der Waals surface area contributed by atoms with Gasteiger partial charge in [-0.2, -0.15) is 0 Å². The van der Waals surface area contributed by atoms with E-state index < -0.39 is 0 Å². The van der Waals surface area contributed by atoms with E-state index in [1.54, 1.807) is 0 Å². The maximum atomic E-state index is 5.64. The van der Waals surface area contributed by atoms with E-state index in [1.165, 1.54) is 0 Å². The second kappa shape index (κ2) is 5.46. The van der Waals surface area contributed by atoms with Crippen molar-refractivity contribution in [2.24, 2.45) is 5.73 Å². The van der Waals surface area contributed by atoms with Crippen LogP contribution in [-0.2, 0) is 11.2 Å². The van der Waals surface area contributed by atoms with E-state index in [-0.39, 0.29) is 6.10 Å². The van der Waals surface area contributed by atoms with Crippen LogP contribution in [0.25, 0.3) is 0 Å². The second-order valence-electron chi connectivity index (χ2n) is 4.38. The van der Waals surface area contributed by atoms with Crippen LogP contribution in [0.2, 0.25) is 0 Å². The minimum atomic E-state index is 0.197. The molecular formula is C11H20N4O2. The summed E-state index contributed by atoms with van der Waals surface area (Å²) in [7, 11) is 0. The van der Waals surface area contributed by atoms with Crippen LogP contribution in [0.15, 0.2) is 4.42 Å². The lowest BCUT2D eigenvalue weighted by Gasteiger charge is -2.36. The standard InChI is InChI=1S/C11H20N4O2/c1-3-9-7-16-8(2)6-15(9)11-14-13-10(17-11)4-5-12/h8-9H,3-7,12H2,1-2H3. The summed E-state index contributed by atoms with van der Waals surface area (Å²) < 4.78 is 11.2. The monoisotopic (exact) mass is 240 g/mol. The molecule has 1 aromatic heterocycles. The summed E-state index contributed by atoms with van der Waals surface area (Å²) >= 11 is 0. The number of ether oxygens (including phenoxy) is 1. The topological polar surface area (TPSA) is 77.4 Å². The summed E-state index contributed by atoms with van der Waals surface area (Å²) in [5, 5.41) is 8.09. The van der Waals surface area contributed by atoms with E-state index in [0.717, 1.165) is 13.0 Å². The molecule has 96 valence electrons. The molecule has 0 saturated carbocycles. The molecular weight excluding hydrogens is 220 g/mol. The van der Waals surface area contributed by atoms with Crippen LogP contribution < -0.4 is 10.6 Å². The van der Waals surface area contributed by atoms with Crippen molar-refractivity contribution in [2.75, 3.05) is 24.6 Å². The Labute approximate surface area is 101 Å². The summed E-state index contributed by atoms with van der Waals surface area (Å²) in [6.07, 6.45) is 1.83. The van der Waals surface area contributed by atoms with Gasteiger partial charge in [-0.05, 0) is 13.3 Å². The number of aromatic nitrogens is 2. The SMILES string of the molecule is CCC1COC(C)CN1c1nnc(CCN)o1. The lowest BCUT2D eigenvalue weighted by atomic mass is 10.1. The van der Waals surface area contributed by atoms with E-state index >= 15 is 0 Å². The highest BCUT2D eigenvalue weighted by Gasteiger charge is 2.29. The van der Waals surface area contributed by atoms with Gasteiger partial charge in [-0.1, -0.05) is 12.0 Å². The predicted octanol–water partition coefficient (Wildman–Crippen LogP) is 0.575. The van der Waals surface area contributed by atoms with Gasteiger partial charge < -0.3 is 19.8 Å². The van der Waals surface area contributed by atoms with Crippen molar-refractivity contribution in [3.8, 4) is 0 Å². The third kappa shape index (κ3) is 2.76. The summed E-state index contributed by atoms with van der Waals surface area (Å²) in [5.74, 6) is 0.608. The van der Waals surface area contributed by atoms with Crippen molar-refractivity contribution in [2.45, 2.75) is 38.8 Å². The van der Waals surface area contributed by atoms with Crippen LogP contribution in [0.4, 0.5) is 6.01 Å². The minimum Gasteiger partial charge on any atom is -0.408 e. The summed E-state index contributed by atoms with van der Waals surface area (Å²) in [6.45, 7) is 6.22. The Hall–Kier alpha value is -1.14.